The average Bonchev–Trinajstić information content (AvgIpc) is 3.71. The Kier molecular flexibility index (Phi) is 8.03. The predicted molar refractivity (Wildman–Crippen MR) is 282 cm³/mol. The third-order valence-electron chi connectivity index (χ3n) is 14.7. The van der Waals surface area contributed by atoms with E-state index in [-0.39, 0.29) is 52.4 Å². The van der Waals surface area contributed by atoms with Crippen LogP contribution in [-0.4, -0.2) is 12.6 Å². The van der Waals surface area contributed by atoms with Crippen LogP contribution in [0.5, 0.6) is 0 Å². The molecule has 0 spiro atoms. The smallest absolute Gasteiger partial charge is 0.179 e. The largest absolute Gasteiger partial charge is 0.309 e. The van der Waals surface area contributed by atoms with Gasteiger partial charge in [-0.2, -0.15) is 0 Å². The highest BCUT2D eigenvalue weighted by Gasteiger charge is 2.50. The van der Waals surface area contributed by atoms with E-state index >= 15 is 0 Å². The van der Waals surface area contributed by atoms with Gasteiger partial charge >= 0.3 is 0 Å². The van der Waals surface area contributed by atoms with E-state index in [1.807, 2.05) is 12.1 Å². The third-order valence-corrected chi connectivity index (χ3v) is 19.6. The Balaban J connectivity index is 1.16. The van der Waals surface area contributed by atoms with Crippen LogP contribution in [0.3, 0.4) is 0 Å². The zero-order valence-electron chi connectivity index (χ0n) is 43.4. The maximum absolute atomic E-state index is 8.88. The van der Waals surface area contributed by atoms with Crippen LogP contribution in [0, 0.1) is 0 Å². The molecule has 10 aromatic rings. The fourth-order valence-corrected chi connectivity index (χ4v) is 16.7. The van der Waals surface area contributed by atoms with Gasteiger partial charge in [0.1, 0.15) is 0 Å². The van der Waals surface area contributed by atoms with E-state index in [0.717, 1.165) is 5.19 Å². The van der Waals surface area contributed by atoms with Crippen molar-refractivity contribution in [2.45, 2.75) is 64.2 Å². The van der Waals surface area contributed by atoms with Gasteiger partial charge in [-0.3, -0.25) is 0 Å². The molecule has 0 saturated carbocycles. The number of aromatic nitrogens is 1. The van der Waals surface area contributed by atoms with Crippen molar-refractivity contribution < 1.29 is 6.85 Å². The van der Waals surface area contributed by atoms with Crippen LogP contribution in [0.15, 0.2) is 212 Å². The summed E-state index contributed by atoms with van der Waals surface area (Å²) in [6.45, 7) is 13.8. The highest BCUT2D eigenvalue weighted by atomic mass is 28.3. The quantitative estimate of drug-likeness (QED) is 0.116. The van der Waals surface area contributed by atoms with E-state index < -0.39 is 14.1 Å². The van der Waals surface area contributed by atoms with Crippen LogP contribution in [0.4, 0.5) is 0 Å². The standard InChI is InChI=1S/C64H55NSi/c1-63(2,3)44-34-38-55-53(40-44)54-41-45(64(4,5)6)35-39-56(54)65(55)57-30-18-28-51-59-49-26-16-17-27-50(49)62(60(51)57)61-52(59)29-19-31-58(61)66(46-22-12-8-13-23-46,47-24-14-9-15-25-47)48-36-32-43(33-37-48)42-20-10-7-11-21-42/h7-41,59,62H,1-6H3/i7D,10D,11D,20D,21D. The Hall–Kier alpha value is -7.00. The molecule has 0 amide bonds. The van der Waals surface area contributed by atoms with Crippen LogP contribution in [0.25, 0.3) is 38.6 Å². The molecule has 2 unspecified atom stereocenters. The van der Waals surface area contributed by atoms with Gasteiger partial charge in [-0.25, -0.2) is 0 Å². The number of fused-ring (bicyclic) bond motifs is 3. The lowest BCUT2D eigenvalue weighted by Crippen LogP contribution is -2.75. The molecule has 0 radical (unpaired) electrons. The SMILES string of the molecule is [2H]c1c([2H])c([2H])c(-c2ccc([Si](c3ccccc3)(c3ccccc3)c3cccc4c3C3c5ccccc5C4c4cccc(-n5c6ccc(C(C)(C)C)cc6c6cc(C(C)(C)C)ccc65)c43)cc2)c([2H])c1[2H]. The monoisotopic (exact) mass is 870 g/mol. The van der Waals surface area contributed by atoms with Gasteiger partial charge in [0.05, 0.1) is 23.6 Å². The zero-order valence-corrected chi connectivity index (χ0v) is 39.4. The maximum atomic E-state index is 8.88. The molecule has 2 atom stereocenters. The first-order valence-electron chi connectivity index (χ1n) is 25.8. The predicted octanol–water partition coefficient (Wildman–Crippen LogP) is 13.4. The van der Waals surface area contributed by atoms with E-state index in [0.29, 0.717) is 5.56 Å². The second kappa shape index (κ2) is 15.0. The van der Waals surface area contributed by atoms with Crippen LogP contribution in [0.1, 0.15) is 105 Å². The molecule has 2 heteroatoms. The summed E-state index contributed by atoms with van der Waals surface area (Å²) in [6.07, 6.45) is 0. The fourth-order valence-electron chi connectivity index (χ4n) is 11.7. The Labute approximate surface area is 398 Å². The van der Waals surface area contributed by atoms with Crippen molar-refractivity contribution in [2.75, 3.05) is 0 Å². The maximum Gasteiger partial charge on any atom is 0.179 e. The molecule has 13 rings (SSSR count). The summed E-state index contributed by atoms with van der Waals surface area (Å²) < 4.78 is 45.6. The Morgan fingerprint density at radius 3 is 1.47 bits per heavy atom. The third kappa shape index (κ3) is 6.04. The van der Waals surface area contributed by atoms with Gasteiger partial charge in [-0.1, -0.05) is 223 Å². The number of benzene rings is 9. The molecule has 66 heavy (non-hydrogen) atoms. The molecule has 3 aliphatic rings. The molecule has 0 fully saturated rings. The molecule has 2 bridgehead atoms. The van der Waals surface area contributed by atoms with E-state index in [4.69, 9.17) is 6.85 Å². The van der Waals surface area contributed by atoms with Gasteiger partial charge in [0.15, 0.2) is 8.07 Å². The number of rotatable bonds is 6. The van der Waals surface area contributed by atoms with E-state index in [1.54, 1.807) is 0 Å². The molecule has 1 heterocycles. The van der Waals surface area contributed by atoms with E-state index in [1.165, 1.54) is 87.6 Å². The van der Waals surface area contributed by atoms with Crippen molar-refractivity contribution in [1.29, 1.82) is 0 Å². The van der Waals surface area contributed by atoms with Crippen molar-refractivity contribution in [1.82, 2.24) is 4.57 Å². The molecule has 1 nitrogen and oxygen atoms in total. The highest BCUT2D eigenvalue weighted by molar-refractivity contribution is 7.20. The number of hydrogen-bond acceptors (Lipinski definition) is 0. The fraction of sp³-hybridized carbons (Fsp3) is 0.156. The van der Waals surface area contributed by atoms with Gasteiger partial charge in [0.25, 0.3) is 0 Å². The molecule has 0 saturated heterocycles. The summed E-state index contributed by atoms with van der Waals surface area (Å²) >= 11 is 0. The molecule has 320 valence electrons. The summed E-state index contributed by atoms with van der Waals surface area (Å²) in [5.41, 5.74) is 15.1. The lowest BCUT2D eigenvalue weighted by atomic mass is 9.60. The molecular formula is C64H55NSi. The first-order chi connectivity index (χ1) is 34.1. The van der Waals surface area contributed by atoms with Gasteiger partial charge in [0, 0.05) is 22.6 Å². The zero-order chi connectivity index (χ0) is 49.3. The Morgan fingerprint density at radius 1 is 0.424 bits per heavy atom. The number of nitrogens with zero attached hydrogens (tertiary/aromatic N) is 1. The van der Waals surface area contributed by atoms with Gasteiger partial charge in [0.2, 0.25) is 0 Å². The van der Waals surface area contributed by atoms with Gasteiger partial charge < -0.3 is 4.57 Å². The summed E-state index contributed by atoms with van der Waals surface area (Å²) in [5.74, 6) is -0.104. The molecular weight excluding hydrogens is 811 g/mol. The van der Waals surface area contributed by atoms with Crippen molar-refractivity contribution in [3.63, 3.8) is 0 Å². The summed E-state index contributed by atoms with van der Waals surface area (Å²) in [7, 11) is -3.27. The lowest BCUT2D eigenvalue weighted by molar-refractivity contribution is 0.590. The van der Waals surface area contributed by atoms with Crippen LogP contribution in [-0.2, 0) is 10.8 Å². The van der Waals surface area contributed by atoms with Gasteiger partial charge in [-0.15, -0.1) is 0 Å². The second-order valence-corrected chi connectivity index (χ2v) is 24.2. The summed E-state index contributed by atoms with van der Waals surface area (Å²) in [5, 5.41) is 7.49. The van der Waals surface area contributed by atoms with Crippen molar-refractivity contribution in [3.05, 3.63) is 257 Å². The van der Waals surface area contributed by atoms with Crippen molar-refractivity contribution in [2.24, 2.45) is 0 Å². The first-order valence-corrected chi connectivity index (χ1v) is 25.3. The second-order valence-electron chi connectivity index (χ2n) is 20.4. The minimum Gasteiger partial charge on any atom is -0.309 e. The lowest BCUT2D eigenvalue weighted by Gasteiger charge is -2.47. The summed E-state index contributed by atoms with van der Waals surface area (Å²) in [6, 6.07) is 66.3. The molecule has 3 aliphatic carbocycles. The Bertz CT molecular complexity index is 3650. The van der Waals surface area contributed by atoms with E-state index in [9.17, 15) is 0 Å². The molecule has 0 aliphatic heterocycles. The number of hydrogen-bond donors (Lipinski definition) is 0. The normalized spacial score (nSPS) is 16.5. The molecule has 9 aromatic carbocycles. The Morgan fingerprint density at radius 2 is 0.909 bits per heavy atom. The van der Waals surface area contributed by atoms with Crippen LogP contribution < -0.4 is 20.7 Å². The average molecular weight is 871 g/mol. The first kappa shape index (κ1) is 35.3. The minimum absolute atomic E-state index is 0.00103. The van der Waals surface area contributed by atoms with Crippen molar-refractivity contribution >= 4 is 50.6 Å². The molecule has 0 N–H and O–H groups in total. The summed E-state index contributed by atoms with van der Waals surface area (Å²) in [4.78, 5) is 0. The highest BCUT2D eigenvalue weighted by Crippen LogP contribution is 2.57. The van der Waals surface area contributed by atoms with Gasteiger partial charge in [-0.05, 0) is 118 Å². The van der Waals surface area contributed by atoms with E-state index in [2.05, 4.69) is 216 Å². The minimum atomic E-state index is -3.27. The topological polar surface area (TPSA) is 4.93 Å². The van der Waals surface area contributed by atoms with Crippen molar-refractivity contribution in [3.8, 4) is 16.8 Å². The van der Waals surface area contributed by atoms with Crippen LogP contribution >= 0.6 is 0 Å². The van der Waals surface area contributed by atoms with Crippen LogP contribution in [0.2, 0.25) is 0 Å². The molecule has 1 aromatic heterocycles.